The molecule has 0 spiro atoms. The van der Waals surface area contributed by atoms with Crippen molar-refractivity contribution in [1.82, 2.24) is 9.88 Å². The molecule has 3 heterocycles. The number of anilines is 1. The highest BCUT2D eigenvalue weighted by Crippen LogP contribution is 2.28. The Bertz CT molecular complexity index is 913. The summed E-state index contributed by atoms with van der Waals surface area (Å²) in [5.41, 5.74) is 2.47. The number of nitrogens with one attached hydrogen (secondary N) is 1. The zero-order valence-corrected chi connectivity index (χ0v) is 16.6. The molecule has 0 unspecified atom stereocenters. The summed E-state index contributed by atoms with van der Waals surface area (Å²) in [4.78, 5) is 20.3. The van der Waals surface area contributed by atoms with Gasteiger partial charge in [0.05, 0.1) is 19.5 Å². The third-order valence-electron chi connectivity index (χ3n) is 4.78. The highest BCUT2D eigenvalue weighted by molar-refractivity contribution is 7.15. The van der Waals surface area contributed by atoms with Crippen LogP contribution >= 0.6 is 11.3 Å². The minimum atomic E-state index is -0.201. The van der Waals surface area contributed by atoms with Gasteiger partial charge in [0.25, 0.3) is 5.91 Å². The maximum Gasteiger partial charge on any atom is 0.275 e. The molecule has 0 saturated carbocycles. The van der Waals surface area contributed by atoms with Gasteiger partial charge in [-0.2, -0.15) is 0 Å². The summed E-state index contributed by atoms with van der Waals surface area (Å²) < 4.78 is 10.8. The molecule has 0 aliphatic carbocycles. The quantitative estimate of drug-likeness (QED) is 0.685. The lowest BCUT2D eigenvalue weighted by Crippen LogP contribution is -2.37. The van der Waals surface area contributed by atoms with Crippen LogP contribution in [0.2, 0.25) is 0 Å². The summed E-state index contributed by atoms with van der Waals surface area (Å²) in [6.07, 6.45) is 2.60. The van der Waals surface area contributed by atoms with E-state index in [9.17, 15) is 4.79 Å². The smallest absolute Gasteiger partial charge is 0.275 e. The number of amides is 1. The molecule has 3 aromatic rings. The zero-order valence-electron chi connectivity index (χ0n) is 15.8. The Kier molecular flexibility index (Phi) is 5.85. The molecule has 0 radical (unpaired) electrons. The minimum Gasteiger partial charge on any atom is -0.462 e. The molecule has 1 fully saturated rings. The van der Waals surface area contributed by atoms with E-state index < -0.39 is 0 Å². The van der Waals surface area contributed by atoms with Crippen molar-refractivity contribution < 1.29 is 13.9 Å². The van der Waals surface area contributed by atoms with E-state index in [-0.39, 0.29) is 5.91 Å². The Hall–Kier alpha value is -2.48. The van der Waals surface area contributed by atoms with Gasteiger partial charge in [0, 0.05) is 30.2 Å². The monoisotopic (exact) mass is 397 g/mol. The van der Waals surface area contributed by atoms with Gasteiger partial charge >= 0.3 is 0 Å². The van der Waals surface area contributed by atoms with E-state index in [0.717, 1.165) is 49.8 Å². The molecular formula is C21H23N3O3S. The van der Waals surface area contributed by atoms with Crippen LogP contribution in [0.3, 0.4) is 0 Å². The first kappa shape index (κ1) is 18.9. The lowest BCUT2D eigenvalue weighted by atomic mass is 10.1. The van der Waals surface area contributed by atoms with Crippen LogP contribution in [-0.4, -0.2) is 48.6 Å². The van der Waals surface area contributed by atoms with Crippen molar-refractivity contribution in [3.63, 3.8) is 0 Å². The third kappa shape index (κ3) is 4.49. The number of hydrogen-bond donors (Lipinski definition) is 1. The summed E-state index contributed by atoms with van der Waals surface area (Å²) in [6.45, 7) is 6.57. The second-order valence-electron chi connectivity index (χ2n) is 6.76. The predicted molar refractivity (Wildman–Crippen MR) is 110 cm³/mol. The van der Waals surface area contributed by atoms with Crippen molar-refractivity contribution in [2.24, 2.45) is 0 Å². The Morgan fingerprint density at radius 1 is 1.21 bits per heavy atom. The summed E-state index contributed by atoms with van der Waals surface area (Å²) in [7, 11) is 0. The molecule has 1 aromatic carbocycles. The Balaban J connectivity index is 1.35. The van der Waals surface area contributed by atoms with Crippen LogP contribution in [0.1, 0.15) is 20.9 Å². The number of furan rings is 1. The number of nitrogens with zero attached hydrogens (tertiary/aromatic N) is 2. The molecule has 6 nitrogen and oxygen atoms in total. The van der Waals surface area contributed by atoms with Crippen molar-refractivity contribution in [2.45, 2.75) is 13.3 Å². The van der Waals surface area contributed by atoms with Gasteiger partial charge in [-0.1, -0.05) is 12.1 Å². The molecule has 1 aliphatic heterocycles. The molecule has 4 rings (SSSR count). The van der Waals surface area contributed by atoms with Crippen molar-refractivity contribution in [2.75, 3.05) is 38.2 Å². The van der Waals surface area contributed by atoms with E-state index in [1.807, 2.05) is 31.2 Å². The normalized spacial score (nSPS) is 14.9. The molecule has 146 valence electrons. The molecule has 0 atom stereocenters. The molecule has 28 heavy (non-hydrogen) atoms. The number of benzene rings is 1. The zero-order chi connectivity index (χ0) is 19.3. The lowest BCUT2D eigenvalue weighted by molar-refractivity contribution is 0.0384. The number of aryl methyl sites for hydroxylation is 1. The minimum absolute atomic E-state index is 0.201. The maximum atomic E-state index is 12.6. The Labute approximate surface area is 168 Å². The van der Waals surface area contributed by atoms with Gasteiger partial charge in [0.1, 0.15) is 5.69 Å². The van der Waals surface area contributed by atoms with Crippen LogP contribution < -0.4 is 5.32 Å². The van der Waals surface area contributed by atoms with E-state index in [2.05, 4.69) is 27.3 Å². The van der Waals surface area contributed by atoms with Gasteiger partial charge in [-0.25, -0.2) is 4.98 Å². The number of morpholine rings is 1. The number of aromatic nitrogens is 1. The third-order valence-corrected chi connectivity index (χ3v) is 5.76. The summed E-state index contributed by atoms with van der Waals surface area (Å²) in [5, 5.41) is 3.65. The van der Waals surface area contributed by atoms with Crippen LogP contribution in [-0.2, 0) is 11.2 Å². The van der Waals surface area contributed by atoms with Crippen LogP contribution in [0.15, 0.2) is 47.1 Å². The number of carbonyl (C=O) groups excluding carboxylic acids is 1. The predicted octanol–water partition coefficient (Wildman–Crippen LogP) is 3.84. The van der Waals surface area contributed by atoms with Gasteiger partial charge in [-0.05, 0) is 43.2 Å². The van der Waals surface area contributed by atoms with Crippen LogP contribution in [0.5, 0.6) is 0 Å². The molecule has 2 aromatic heterocycles. The Morgan fingerprint density at radius 2 is 2.00 bits per heavy atom. The average molecular weight is 398 g/mol. The number of thiazole rings is 1. The van der Waals surface area contributed by atoms with Crippen LogP contribution in [0, 0.1) is 6.92 Å². The number of rotatable bonds is 6. The molecule has 1 saturated heterocycles. The van der Waals surface area contributed by atoms with Crippen molar-refractivity contribution in [3.8, 4) is 10.8 Å². The lowest BCUT2D eigenvalue weighted by Gasteiger charge is -2.26. The van der Waals surface area contributed by atoms with Crippen molar-refractivity contribution >= 4 is 22.9 Å². The van der Waals surface area contributed by atoms with E-state index in [0.29, 0.717) is 16.5 Å². The van der Waals surface area contributed by atoms with E-state index in [1.54, 1.807) is 6.26 Å². The number of carbonyl (C=O) groups is 1. The fraction of sp³-hybridized carbons (Fsp3) is 0.333. The first-order valence-electron chi connectivity index (χ1n) is 9.41. The standard InChI is InChI=1S/C21H23N3O3S/c1-15-19(23-21(28-15)18-3-2-12-27-18)20(25)22-17-6-4-16(5-7-17)8-9-24-10-13-26-14-11-24/h2-7,12H,8-11,13-14H2,1H3,(H,22,25). The van der Waals surface area contributed by atoms with Gasteiger partial charge in [0.15, 0.2) is 10.8 Å². The molecular weight excluding hydrogens is 374 g/mol. The summed E-state index contributed by atoms with van der Waals surface area (Å²) in [6, 6.07) is 11.7. The summed E-state index contributed by atoms with van der Waals surface area (Å²) in [5.74, 6) is 0.476. The van der Waals surface area contributed by atoms with Gasteiger partial charge in [-0.3, -0.25) is 9.69 Å². The van der Waals surface area contributed by atoms with E-state index in [4.69, 9.17) is 9.15 Å². The highest BCUT2D eigenvalue weighted by atomic mass is 32.1. The topological polar surface area (TPSA) is 67.6 Å². The van der Waals surface area contributed by atoms with Gasteiger partial charge in [0.2, 0.25) is 0 Å². The Morgan fingerprint density at radius 3 is 2.71 bits per heavy atom. The second kappa shape index (κ2) is 8.68. The van der Waals surface area contributed by atoms with Crippen molar-refractivity contribution in [3.05, 3.63) is 58.8 Å². The van der Waals surface area contributed by atoms with Crippen molar-refractivity contribution in [1.29, 1.82) is 0 Å². The first-order valence-corrected chi connectivity index (χ1v) is 10.2. The fourth-order valence-electron chi connectivity index (χ4n) is 3.17. The molecule has 1 N–H and O–H groups in total. The van der Waals surface area contributed by atoms with Crippen LogP contribution in [0.25, 0.3) is 10.8 Å². The highest BCUT2D eigenvalue weighted by Gasteiger charge is 2.18. The number of ether oxygens (including phenoxy) is 1. The fourth-order valence-corrected chi connectivity index (χ4v) is 4.05. The van der Waals surface area contributed by atoms with Crippen LogP contribution in [0.4, 0.5) is 5.69 Å². The second-order valence-corrected chi connectivity index (χ2v) is 7.96. The molecule has 1 aliphatic rings. The maximum absolute atomic E-state index is 12.6. The molecule has 1 amide bonds. The van der Waals surface area contributed by atoms with Gasteiger partial charge < -0.3 is 14.5 Å². The largest absolute Gasteiger partial charge is 0.462 e. The molecule has 0 bridgehead atoms. The average Bonchev–Trinajstić information content (AvgIpc) is 3.38. The summed E-state index contributed by atoms with van der Waals surface area (Å²) >= 11 is 1.45. The van der Waals surface area contributed by atoms with Gasteiger partial charge in [-0.15, -0.1) is 11.3 Å². The van der Waals surface area contributed by atoms with E-state index >= 15 is 0 Å². The molecule has 7 heteroatoms. The first-order chi connectivity index (χ1) is 13.7. The SMILES string of the molecule is Cc1sc(-c2ccco2)nc1C(=O)Nc1ccc(CCN2CCOCC2)cc1. The number of hydrogen-bond acceptors (Lipinski definition) is 6. The van der Waals surface area contributed by atoms with E-state index in [1.165, 1.54) is 16.9 Å².